The molecule has 0 aromatic carbocycles. The predicted molar refractivity (Wildman–Crippen MR) is 39.1 cm³/mol. The molecular weight excluding hydrogens is 146 g/mol. The molecule has 0 bridgehead atoms. The van der Waals surface area contributed by atoms with Gasteiger partial charge in [-0.3, -0.25) is 4.79 Å². The third-order valence-corrected chi connectivity index (χ3v) is 1.89. The Morgan fingerprint density at radius 1 is 1.82 bits per heavy atom. The van der Waals surface area contributed by atoms with Gasteiger partial charge in [-0.2, -0.15) is 0 Å². The van der Waals surface area contributed by atoms with Gasteiger partial charge in [-0.05, 0) is 6.92 Å². The summed E-state index contributed by atoms with van der Waals surface area (Å²) in [6.45, 7) is 2.92. The molecule has 1 fully saturated rings. The van der Waals surface area contributed by atoms with Gasteiger partial charge in [-0.1, -0.05) is 0 Å². The number of hydrogen-bond donors (Lipinski definition) is 1. The molecule has 1 rings (SSSR count). The van der Waals surface area contributed by atoms with Crippen molar-refractivity contribution in [3.63, 3.8) is 0 Å². The first-order valence-corrected chi connectivity index (χ1v) is 3.71. The summed E-state index contributed by atoms with van der Waals surface area (Å²) in [7, 11) is 0. The van der Waals surface area contributed by atoms with E-state index in [1.165, 1.54) is 0 Å². The standard InChI is InChI=1S/C7H13NO3/c1-6-4-11-7(3-9)2-8(6)5-10/h5-7,9H,2-4H2,1H3. The summed E-state index contributed by atoms with van der Waals surface area (Å²) in [5.74, 6) is 0. The molecule has 0 radical (unpaired) electrons. The molecule has 64 valence electrons. The Labute approximate surface area is 65.8 Å². The summed E-state index contributed by atoms with van der Waals surface area (Å²) in [5, 5.41) is 8.72. The van der Waals surface area contributed by atoms with Crippen LogP contribution in [-0.2, 0) is 9.53 Å². The molecule has 1 amide bonds. The molecule has 0 spiro atoms. The first-order valence-electron chi connectivity index (χ1n) is 3.71. The lowest BCUT2D eigenvalue weighted by Gasteiger charge is -2.34. The largest absolute Gasteiger partial charge is 0.394 e. The van der Waals surface area contributed by atoms with Crippen molar-refractivity contribution in [2.45, 2.75) is 19.1 Å². The van der Waals surface area contributed by atoms with Gasteiger partial charge in [-0.25, -0.2) is 0 Å². The van der Waals surface area contributed by atoms with Gasteiger partial charge in [0, 0.05) is 6.54 Å². The summed E-state index contributed by atoms with van der Waals surface area (Å²) in [4.78, 5) is 12.1. The first kappa shape index (κ1) is 8.49. The maximum Gasteiger partial charge on any atom is 0.210 e. The van der Waals surface area contributed by atoms with Crippen molar-refractivity contribution in [3.8, 4) is 0 Å². The Morgan fingerprint density at radius 2 is 2.55 bits per heavy atom. The third kappa shape index (κ3) is 1.91. The molecule has 1 N–H and O–H groups in total. The van der Waals surface area contributed by atoms with Gasteiger partial charge in [0.05, 0.1) is 25.4 Å². The van der Waals surface area contributed by atoms with Crippen LogP contribution < -0.4 is 0 Å². The zero-order valence-corrected chi connectivity index (χ0v) is 6.56. The summed E-state index contributed by atoms with van der Waals surface area (Å²) in [6.07, 6.45) is 0.604. The zero-order chi connectivity index (χ0) is 8.27. The number of carbonyl (C=O) groups excluding carboxylic acids is 1. The van der Waals surface area contributed by atoms with Crippen molar-refractivity contribution >= 4 is 6.41 Å². The minimum absolute atomic E-state index is 0.0168. The minimum Gasteiger partial charge on any atom is -0.394 e. The number of amides is 1. The van der Waals surface area contributed by atoms with Crippen LogP contribution in [0.2, 0.25) is 0 Å². The topological polar surface area (TPSA) is 49.8 Å². The van der Waals surface area contributed by atoms with E-state index >= 15 is 0 Å². The summed E-state index contributed by atoms with van der Waals surface area (Å²) < 4.78 is 5.22. The average Bonchev–Trinajstić information content (AvgIpc) is 2.05. The second-order valence-corrected chi connectivity index (χ2v) is 2.79. The lowest BCUT2D eigenvalue weighted by atomic mass is 10.2. The van der Waals surface area contributed by atoms with Crippen LogP contribution in [0, 0.1) is 0 Å². The molecule has 11 heavy (non-hydrogen) atoms. The molecule has 0 saturated carbocycles. The van der Waals surface area contributed by atoms with E-state index in [2.05, 4.69) is 0 Å². The first-order chi connectivity index (χ1) is 5.27. The van der Waals surface area contributed by atoms with Crippen molar-refractivity contribution < 1.29 is 14.6 Å². The van der Waals surface area contributed by atoms with E-state index in [0.29, 0.717) is 13.2 Å². The third-order valence-electron chi connectivity index (χ3n) is 1.89. The highest BCUT2D eigenvalue weighted by Crippen LogP contribution is 2.08. The lowest BCUT2D eigenvalue weighted by molar-refractivity contribution is -0.132. The molecule has 0 aliphatic carbocycles. The van der Waals surface area contributed by atoms with Crippen LogP contribution in [0.25, 0.3) is 0 Å². The highest BCUT2D eigenvalue weighted by Gasteiger charge is 2.23. The molecular formula is C7H13NO3. The van der Waals surface area contributed by atoms with E-state index in [9.17, 15) is 4.79 Å². The van der Waals surface area contributed by atoms with Crippen LogP contribution in [0.5, 0.6) is 0 Å². The average molecular weight is 159 g/mol. The van der Waals surface area contributed by atoms with Crippen LogP contribution in [0.3, 0.4) is 0 Å². The summed E-state index contributed by atoms with van der Waals surface area (Å²) in [6, 6.07) is 0.135. The fraction of sp³-hybridized carbons (Fsp3) is 0.857. The number of nitrogens with zero attached hydrogens (tertiary/aromatic N) is 1. The van der Waals surface area contributed by atoms with Crippen LogP contribution in [0.4, 0.5) is 0 Å². The monoisotopic (exact) mass is 159 g/mol. The predicted octanol–water partition coefficient (Wildman–Crippen LogP) is -0.776. The van der Waals surface area contributed by atoms with E-state index in [4.69, 9.17) is 9.84 Å². The molecule has 2 unspecified atom stereocenters. The van der Waals surface area contributed by atoms with E-state index in [1.54, 1.807) is 4.90 Å². The SMILES string of the molecule is CC1COC(CO)CN1C=O. The van der Waals surface area contributed by atoms with Gasteiger partial charge in [-0.15, -0.1) is 0 Å². The summed E-state index contributed by atoms with van der Waals surface area (Å²) in [5.41, 5.74) is 0. The minimum atomic E-state index is -0.198. The normalized spacial score (nSPS) is 32.0. The number of rotatable bonds is 2. The van der Waals surface area contributed by atoms with E-state index in [0.717, 1.165) is 6.41 Å². The van der Waals surface area contributed by atoms with E-state index in [-0.39, 0.29) is 18.8 Å². The molecule has 0 aromatic heterocycles. The smallest absolute Gasteiger partial charge is 0.210 e. The Kier molecular flexibility index (Phi) is 2.84. The van der Waals surface area contributed by atoms with Crippen LogP contribution in [0.1, 0.15) is 6.92 Å². The van der Waals surface area contributed by atoms with Gasteiger partial charge < -0.3 is 14.7 Å². The highest BCUT2D eigenvalue weighted by atomic mass is 16.5. The number of aliphatic hydroxyl groups excluding tert-OH is 1. The molecule has 4 nitrogen and oxygen atoms in total. The fourth-order valence-electron chi connectivity index (χ4n) is 1.10. The van der Waals surface area contributed by atoms with Crippen molar-refractivity contribution in [1.29, 1.82) is 0 Å². The lowest BCUT2D eigenvalue weighted by Crippen LogP contribution is -2.48. The highest BCUT2D eigenvalue weighted by molar-refractivity contribution is 5.47. The number of aliphatic hydroxyl groups is 1. The molecule has 2 atom stereocenters. The van der Waals surface area contributed by atoms with Crippen LogP contribution >= 0.6 is 0 Å². The Hall–Kier alpha value is -0.610. The van der Waals surface area contributed by atoms with Gasteiger partial charge >= 0.3 is 0 Å². The van der Waals surface area contributed by atoms with Crippen molar-refractivity contribution in [2.75, 3.05) is 19.8 Å². The fourth-order valence-corrected chi connectivity index (χ4v) is 1.10. The molecule has 1 heterocycles. The molecule has 1 saturated heterocycles. The van der Waals surface area contributed by atoms with Gasteiger partial charge in [0.25, 0.3) is 0 Å². The van der Waals surface area contributed by atoms with Gasteiger partial charge in [0.15, 0.2) is 0 Å². The number of hydrogen-bond acceptors (Lipinski definition) is 3. The molecule has 1 aliphatic rings. The van der Waals surface area contributed by atoms with Crippen molar-refractivity contribution in [1.82, 2.24) is 4.90 Å². The van der Waals surface area contributed by atoms with E-state index in [1.807, 2.05) is 6.92 Å². The Bertz CT molecular complexity index is 140. The maximum absolute atomic E-state index is 10.4. The second kappa shape index (κ2) is 3.69. The van der Waals surface area contributed by atoms with E-state index < -0.39 is 0 Å². The molecule has 0 aromatic rings. The number of carbonyl (C=O) groups is 1. The molecule has 4 heteroatoms. The van der Waals surface area contributed by atoms with Crippen molar-refractivity contribution in [3.05, 3.63) is 0 Å². The number of morpholine rings is 1. The second-order valence-electron chi connectivity index (χ2n) is 2.79. The number of ether oxygens (including phenoxy) is 1. The molecule has 1 aliphatic heterocycles. The van der Waals surface area contributed by atoms with Gasteiger partial charge in [0.2, 0.25) is 6.41 Å². The van der Waals surface area contributed by atoms with Crippen LogP contribution in [-0.4, -0.2) is 48.3 Å². The summed E-state index contributed by atoms with van der Waals surface area (Å²) >= 11 is 0. The van der Waals surface area contributed by atoms with Crippen LogP contribution in [0.15, 0.2) is 0 Å². The maximum atomic E-state index is 10.4. The quantitative estimate of drug-likeness (QED) is 0.538. The van der Waals surface area contributed by atoms with Gasteiger partial charge in [0.1, 0.15) is 0 Å². The Balaban J connectivity index is 2.43. The Morgan fingerprint density at radius 3 is 3.09 bits per heavy atom. The zero-order valence-electron chi connectivity index (χ0n) is 6.56. The van der Waals surface area contributed by atoms with Crippen molar-refractivity contribution in [2.24, 2.45) is 0 Å².